The van der Waals surface area contributed by atoms with Crippen LogP contribution in [0, 0.1) is 0 Å². The molecule has 0 amide bonds. The zero-order chi connectivity index (χ0) is 23.0. The van der Waals surface area contributed by atoms with E-state index in [1.807, 2.05) is 6.92 Å². The molecular formula is C19H21Cl2N5O4S2. The van der Waals surface area contributed by atoms with Crippen LogP contribution in [0.2, 0.25) is 10.0 Å². The lowest BCUT2D eigenvalue weighted by Gasteiger charge is -2.51. The number of nitrogens with zero attached hydrogens (tertiary/aromatic N) is 4. The molecule has 0 spiro atoms. The topological polar surface area (TPSA) is 129 Å². The predicted molar refractivity (Wildman–Crippen MR) is 125 cm³/mol. The summed E-state index contributed by atoms with van der Waals surface area (Å²) in [6.07, 6.45) is -1.49. The van der Waals surface area contributed by atoms with E-state index in [1.165, 1.54) is 16.0 Å². The number of hydrogen-bond donors (Lipinski definition) is 4. The second kappa shape index (κ2) is 9.43. The molecular weight excluding hydrogens is 497 g/mol. The highest BCUT2D eigenvalue weighted by Gasteiger charge is 2.59. The Morgan fingerprint density at radius 3 is 2.75 bits per heavy atom. The number of aromatic nitrogens is 4. The molecule has 4 N–H and O–H groups in total. The smallest absolute Gasteiger partial charge is 0.180 e. The third-order valence-electron chi connectivity index (χ3n) is 5.38. The fourth-order valence-electron chi connectivity index (χ4n) is 3.97. The molecule has 0 unspecified atom stereocenters. The third kappa shape index (κ3) is 3.90. The summed E-state index contributed by atoms with van der Waals surface area (Å²) in [5.41, 5.74) is 5.06. The van der Waals surface area contributed by atoms with Crippen LogP contribution in [-0.4, -0.2) is 67.2 Å². The summed E-state index contributed by atoms with van der Waals surface area (Å²) in [5.74, 6) is 0. The fourth-order valence-corrected chi connectivity index (χ4v) is 5.30. The summed E-state index contributed by atoms with van der Waals surface area (Å²) in [6.45, 7) is 1.66. The van der Waals surface area contributed by atoms with E-state index in [4.69, 9.17) is 38.4 Å². The van der Waals surface area contributed by atoms with E-state index in [-0.39, 0.29) is 5.02 Å². The van der Waals surface area contributed by atoms with Crippen molar-refractivity contribution in [3.8, 4) is 11.4 Å². The van der Waals surface area contributed by atoms with Crippen molar-refractivity contribution in [2.24, 2.45) is 0 Å². The van der Waals surface area contributed by atoms with Gasteiger partial charge in [-0.2, -0.15) is 0 Å². The van der Waals surface area contributed by atoms with Crippen LogP contribution in [-0.2, 0) is 15.0 Å². The summed E-state index contributed by atoms with van der Waals surface area (Å²) < 4.78 is 13.3. The van der Waals surface area contributed by atoms with E-state index in [9.17, 15) is 10.2 Å². The highest BCUT2D eigenvalue weighted by molar-refractivity contribution is 7.80. The number of halogens is 2. The van der Waals surface area contributed by atoms with Crippen molar-refractivity contribution in [3.63, 3.8) is 0 Å². The standard InChI is InChI=1S/C19H21Cl2N5O4S2/c1-2-29-16-17(31)30-14(7-27)15(28)19(16,9-3-4-10(20)11(21)5-9)26-6-12(24-25-26)13-8-32-18(22)23-13/h3-6,8,14-17,27-28,31H,2,7H2,1H3,(H2,22,23)/t14-,15+,16+,17-,19+/m0/s1. The van der Waals surface area contributed by atoms with E-state index < -0.39 is 35.9 Å². The monoisotopic (exact) mass is 517 g/mol. The Hall–Kier alpha value is -1.44. The molecule has 172 valence electrons. The Morgan fingerprint density at radius 1 is 1.34 bits per heavy atom. The third-order valence-corrected chi connectivity index (χ3v) is 7.18. The van der Waals surface area contributed by atoms with Crippen molar-refractivity contribution >= 4 is 52.3 Å². The average molecular weight is 518 g/mol. The highest BCUT2D eigenvalue weighted by atomic mass is 35.5. The summed E-state index contributed by atoms with van der Waals surface area (Å²) in [6, 6.07) is 4.96. The van der Waals surface area contributed by atoms with E-state index in [2.05, 4.69) is 27.9 Å². The first-order valence-corrected chi connectivity index (χ1v) is 11.8. The quantitative estimate of drug-likeness (QED) is 0.367. The molecule has 0 aliphatic carbocycles. The summed E-state index contributed by atoms with van der Waals surface area (Å²) in [4.78, 5) is 4.25. The lowest BCUT2D eigenvalue weighted by molar-refractivity contribution is -0.218. The molecule has 1 aliphatic heterocycles. The van der Waals surface area contributed by atoms with Gasteiger partial charge < -0.3 is 25.4 Å². The molecule has 13 heteroatoms. The van der Waals surface area contributed by atoms with Crippen LogP contribution in [0.4, 0.5) is 5.13 Å². The normalized spacial score (nSPS) is 28.2. The number of ether oxygens (including phenoxy) is 2. The molecule has 1 aliphatic rings. The Bertz CT molecular complexity index is 1100. The van der Waals surface area contributed by atoms with E-state index in [1.54, 1.807) is 29.8 Å². The number of anilines is 1. The van der Waals surface area contributed by atoms with Crippen LogP contribution in [0.25, 0.3) is 11.4 Å². The van der Waals surface area contributed by atoms with Gasteiger partial charge in [-0.05, 0) is 24.6 Å². The summed E-state index contributed by atoms with van der Waals surface area (Å²) in [5, 5.41) is 32.8. The minimum Gasteiger partial charge on any atom is -0.394 e. The second-order valence-electron chi connectivity index (χ2n) is 7.14. The van der Waals surface area contributed by atoms with Crippen LogP contribution >= 0.6 is 47.2 Å². The van der Waals surface area contributed by atoms with Gasteiger partial charge in [-0.1, -0.05) is 34.5 Å². The Morgan fingerprint density at radius 2 is 2.12 bits per heavy atom. The van der Waals surface area contributed by atoms with E-state index >= 15 is 0 Å². The van der Waals surface area contributed by atoms with Gasteiger partial charge in [0.15, 0.2) is 5.13 Å². The number of nitrogens with two attached hydrogens (primary N) is 1. The first-order valence-electron chi connectivity index (χ1n) is 9.66. The van der Waals surface area contributed by atoms with E-state index in [0.717, 1.165) is 0 Å². The number of thiazole rings is 1. The van der Waals surface area contributed by atoms with Crippen molar-refractivity contribution in [1.82, 2.24) is 20.0 Å². The average Bonchev–Trinajstić information content (AvgIpc) is 3.42. The molecule has 2 aromatic heterocycles. The van der Waals surface area contributed by atoms with Gasteiger partial charge >= 0.3 is 0 Å². The predicted octanol–water partition coefficient (Wildman–Crippen LogP) is 2.45. The van der Waals surface area contributed by atoms with Crippen molar-refractivity contribution in [1.29, 1.82) is 0 Å². The first kappa shape index (κ1) is 23.7. The summed E-state index contributed by atoms with van der Waals surface area (Å²) in [7, 11) is 0. The molecule has 0 bridgehead atoms. The van der Waals surface area contributed by atoms with Gasteiger partial charge in [0.05, 0.1) is 22.8 Å². The first-order chi connectivity index (χ1) is 15.3. The van der Waals surface area contributed by atoms with Gasteiger partial charge in [-0.25, -0.2) is 9.67 Å². The summed E-state index contributed by atoms with van der Waals surface area (Å²) >= 11 is 18.3. The Balaban J connectivity index is 1.97. The minimum absolute atomic E-state index is 0.279. The lowest BCUT2D eigenvalue weighted by Crippen LogP contribution is -2.68. The zero-order valence-corrected chi connectivity index (χ0v) is 20.0. The van der Waals surface area contributed by atoms with Crippen LogP contribution < -0.4 is 5.73 Å². The van der Waals surface area contributed by atoms with Gasteiger partial charge in [0.2, 0.25) is 0 Å². The fraction of sp³-hybridized carbons (Fsp3) is 0.421. The Kier molecular flexibility index (Phi) is 6.99. The maximum atomic E-state index is 11.5. The van der Waals surface area contributed by atoms with Crippen LogP contribution in [0.3, 0.4) is 0 Å². The Labute approximate surface area is 203 Å². The number of hydrogen-bond acceptors (Lipinski definition) is 10. The van der Waals surface area contributed by atoms with Crippen LogP contribution in [0.1, 0.15) is 12.5 Å². The number of nitrogen functional groups attached to an aromatic ring is 1. The molecule has 3 heterocycles. The van der Waals surface area contributed by atoms with Crippen molar-refractivity contribution < 1.29 is 19.7 Å². The number of benzene rings is 1. The zero-order valence-electron chi connectivity index (χ0n) is 16.8. The van der Waals surface area contributed by atoms with Gasteiger partial charge in [-0.3, -0.25) is 0 Å². The van der Waals surface area contributed by atoms with Crippen LogP contribution in [0.15, 0.2) is 29.8 Å². The van der Waals surface area contributed by atoms with Gasteiger partial charge in [-0.15, -0.1) is 29.1 Å². The molecule has 0 radical (unpaired) electrons. The van der Waals surface area contributed by atoms with Crippen molar-refractivity contribution in [2.75, 3.05) is 18.9 Å². The molecule has 9 nitrogen and oxygen atoms in total. The highest BCUT2D eigenvalue weighted by Crippen LogP contribution is 2.45. The minimum atomic E-state index is -1.41. The number of thiol groups is 1. The molecule has 1 aromatic carbocycles. The SMILES string of the molecule is CCO[C@@H]1[C@H](S)O[C@@H](CO)[C@@H](O)[C@@]1(c1ccc(Cl)c(Cl)c1)n1cc(-c2csc(N)n2)nn1. The second-order valence-corrected chi connectivity index (χ2v) is 9.36. The van der Waals surface area contributed by atoms with Gasteiger partial charge in [0.25, 0.3) is 0 Å². The number of aliphatic hydroxyl groups is 2. The van der Waals surface area contributed by atoms with Crippen molar-refractivity contribution in [3.05, 3.63) is 45.4 Å². The number of aliphatic hydroxyl groups excluding tert-OH is 2. The maximum Gasteiger partial charge on any atom is 0.180 e. The largest absolute Gasteiger partial charge is 0.394 e. The molecule has 1 saturated heterocycles. The van der Waals surface area contributed by atoms with Crippen molar-refractivity contribution in [2.45, 2.75) is 36.2 Å². The van der Waals surface area contributed by atoms with Gasteiger partial charge in [0, 0.05) is 12.0 Å². The molecule has 32 heavy (non-hydrogen) atoms. The lowest BCUT2D eigenvalue weighted by atomic mass is 9.75. The molecule has 5 atom stereocenters. The number of rotatable bonds is 6. The molecule has 4 rings (SSSR count). The molecule has 0 saturated carbocycles. The maximum absolute atomic E-state index is 11.5. The van der Waals surface area contributed by atoms with E-state index in [0.29, 0.717) is 33.7 Å². The van der Waals surface area contributed by atoms with Gasteiger partial charge in [0.1, 0.15) is 40.7 Å². The molecule has 1 fully saturated rings. The molecule has 3 aromatic rings. The van der Waals surface area contributed by atoms with Crippen LogP contribution in [0.5, 0.6) is 0 Å².